The molecule has 6 rings (SSSR count). The number of fused-ring (bicyclic) bond motifs is 1. The van der Waals surface area contributed by atoms with Gasteiger partial charge in [-0.2, -0.15) is 0 Å². The highest BCUT2D eigenvalue weighted by Crippen LogP contribution is 2.35. The van der Waals surface area contributed by atoms with Gasteiger partial charge >= 0.3 is 0 Å². The Kier molecular flexibility index (Phi) is 5.00. The van der Waals surface area contributed by atoms with Gasteiger partial charge in [-0.15, -0.1) is 0 Å². The first kappa shape index (κ1) is 20.1. The second-order valence-electron chi connectivity index (χ2n) is 8.48. The number of para-hydroxylation sites is 3. The Bertz CT molecular complexity index is 1580. The van der Waals surface area contributed by atoms with Crippen molar-refractivity contribution in [3.05, 3.63) is 127 Å². The number of nitrogens with zero attached hydrogens (tertiary/aromatic N) is 3. The second kappa shape index (κ2) is 8.45. The summed E-state index contributed by atoms with van der Waals surface area (Å²) in [6.45, 7) is 2.11. The van der Waals surface area contributed by atoms with Gasteiger partial charge in [0.1, 0.15) is 5.82 Å². The maximum absolute atomic E-state index is 5.09. The van der Waals surface area contributed by atoms with Crippen molar-refractivity contribution in [3.8, 4) is 39.5 Å². The Morgan fingerprint density at radius 1 is 0.588 bits per heavy atom. The van der Waals surface area contributed by atoms with E-state index in [4.69, 9.17) is 4.98 Å². The second-order valence-corrected chi connectivity index (χ2v) is 8.48. The molecule has 0 saturated carbocycles. The monoisotopic (exact) mass is 437 g/mol. The average Bonchev–Trinajstić information content (AvgIpc) is 3.30. The molecule has 0 unspecified atom stereocenters. The fraction of sp³-hybridized carbons (Fsp3) is 0.0323. The third-order valence-electron chi connectivity index (χ3n) is 6.11. The van der Waals surface area contributed by atoms with Gasteiger partial charge in [-0.3, -0.25) is 9.55 Å². The molecule has 0 bridgehead atoms. The van der Waals surface area contributed by atoms with Crippen molar-refractivity contribution in [2.24, 2.45) is 0 Å². The van der Waals surface area contributed by atoms with E-state index in [1.807, 2.05) is 30.5 Å². The van der Waals surface area contributed by atoms with Crippen LogP contribution in [-0.2, 0) is 0 Å². The minimum Gasteiger partial charge on any atom is -0.292 e. The molecule has 0 spiro atoms. The fourth-order valence-corrected chi connectivity index (χ4v) is 4.41. The number of imidazole rings is 1. The standard InChI is InChI=1S/C31H23N3/c1-22-14-16-23(17-15-22)24-19-25(28-11-7-8-18-32-28)21-26(20-24)31-33-29-12-5-6-13-30(29)34(31)27-9-3-2-4-10-27/h2-21H,1H3. The van der Waals surface area contributed by atoms with E-state index in [1.54, 1.807) is 0 Å². The van der Waals surface area contributed by atoms with E-state index in [0.29, 0.717) is 0 Å². The summed E-state index contributed by atoms with van der Waals surface area (Å²) in [6.07, 6.45) is 1.84. The van der Waals surface area contributed by atoms with Crippen molar-refractivity contribution < 1.29 is 0 Å². The van der Waals surface area contributed by atoms with Crippen LogP contribution in [0.3, 0.4) is 0 Å². The van der Waals surface area contributed by atoms with Crippen LogP contribution >= 0.6 is 0 Å². The summed E-state index contributed by atoms with van der Waals surface area (Å²) >= 11 is 0. The lowest BCUT2D eigenvalue weighted by Gasteiger charge is -2.13. The topological polar surface area (TPSA) is 30.7 Å². The highest BCUT2D eigenvalue weighted by atomic mass is 15.1. The molecule has 0 N–H and O–H groups in total. The van der Waals surface area contributed by atoms with Crippen LogP contribution < -0.4 is 0 Å². The number of aryl methyl sites for hydroxylation is 1. The van der Waals surface area contributed by atoms with Crippen LogP contribution in [0.2, 0.25) is 0 Å². The lowest BCUT2D eigenvalue weighted by Crippen LogP contribution is -1.98. The summed E-state index contributed by atoms with van der Waals surface area (Å²) in [4.78, 5) is 9.71. The van der Waals surface area contributed by atoms with Crippen molar-refractivity contribution in [1.29, 1.82) is 0 Å². The van der Waals surface area contributed by atoms with Crippen LogP contribution in [0.25, 0.3) is 50.5 Å². The minimum atomic E-state index is 0.915. The van der Waals surface area contributed by atoms with E-state index in [0.717, 1.165) is 44.9 Å². The summed E-state index contributed by atoms with van der Waals surface area (Å²) in [6, 6.07) is 40.1. The van der Waals surface area contributed by atoms with Crippen LogP contribution in [0.5, 0.6) is 0 Å². The third kappa shape index (κ3) is 3.67. The zero-order valence-electron chi connectivity index (χ0n) is 18.9. The van der Waals surface area contributed by atoms with Crippen molar-refractivity contribution in [1.82, 2.24) is 14.5 Å². The Morgan fingerprint density at radius 3 is 2.09 bits per heavy atom. The summed E-state index contributed by atoms with van der Waals surface area (Å²) in [5.74, 6) is 0.915. The lowest BCUT2D eigenvalue weighted by atomic mass is 9.97. The van der Waals surface area contributed by atoms with Crippen molar-refractivity contribution in [2.45, 2.75) is 6.92 Å². The van der Waals surface area contributed by atoms with Gasteiger partial charge in [-0.25, -0.2) is 4.98 Å². The van der Waals surface area contributed by atoms with E-state index >= 15 is 0 Å². The zero-order chi connectivity index (χ0) is 22.9. The molecule has 162 valence electrons. The van der Waals surface area contributed by atoms with Crippen LogP contribution in [0.15, 0.2) is 121 Å². The molecule has 0 atom stereocenters. The van der Waals surface area contributed by atoms with Gasteiger partial charge in [0.25, 0.3) is 0 Å². The maximum Gasteiger partial charge on any atom is 0.145 e. The molecule has 0 aliphatic carbocycles. The number of pyridine rings is 1. The molecule has 34 heavy (non-hydrogen) atoms. The van der Waals surface area contributed by atoms with Gasteiger partial charge in [0.05, 0.1) is 16.7 Å². The molecule has 0 aliphatic heterocycles. The molecule has 0 fully saturated rings. The van der Waals surface area contributed by atoms with Gasteiger partial charge < -0.3 is 0 Å². The first-order valence-corrected chi connectivity index (χ1v) is 11.4. The van der Waals surface area contributed by atoms with Crippen LogP contribution in [0.1, 0.15) is 5.56 Å². The molecule has 6 aromatic rings. The van der Waals surface area contributed by atoms with Crippen LogP contribution in [0, 0.1) is 6.92 Å². The third-order valence-corrected chi connectivity index (χ3v) is 6.11. The van der Waals surface area contributed by atoms with Gasteiger partial charge in [-0.1, -0.05) is 66.2 Å². The molecule has 0 radical (unpaired) electrons. The first-order valence-electron chi connectivity index (χ1n) is 11.4. The lowest BCUT2D eigenvalue weighted by molar-refractivity contribution is 1.10. The number of benzene rings is 4. The minimum absolute atomic E-state index is 0.915. The Labute approximate surface area is 199 Å². The predicted molar refractivity (Wildman–Crippen MR) is 140 cm³/mol. The number of rotatable bonds is 4. The van der Waals surface area contributed by atoms with E-state index in [-0.39, 0.29) is 0 Å². The quantitative estimate of drug-likeness (QED) is 0.282. The largest absolute Gasteiger partial charge is 0.292 e. The zero-order valence-corrected chi connectivity index (χ0v) is 18.9. The summed E-state index contributed by atoms with van der Waals surface area (Å²) < 4.78 is 2.24. The van der Waals surface area contributed by atoms with E-state index in [1.165, 1.54) is 11.1 Å². The Morgan fingerprint density at radius 2 is 1.29 bits per heavy atom. The molecule has 0 aliphatic rings. The Balaban J connectivity index is 1.64. The van der Waals surface area contributed by atoms with Gasteiger partial charge in [0.15, 0.2) is 0 Å². The highest BCUT2D eigenvalue weighted by molar-refractivity contribution is 5.86. The molecular weight excluding hydrogens is 414 g/mol. The maximum atomic E-state index is 5.09. The van der Waals surface area contributed by atoms with Gasteiger partial charge in [0.2, 0.25) is 0 Å². The van der Waals surface area contributed by atoms with Gasteiger partial charge in [0, 0.05) is 23.0 Å². The SMILES string of the molecule is Cc1ccc(-c2cc(-c3ccccn3)cc(-c3nc4ccccc4n3-c3ccccc3)c2)cc1. The smallest absolute Gasteiger partial charge is 0.145 e. The molecule has 4 aromatic carbocycles. The molecule has 3 nitrogen and oxygen atoms in total. The van der Waals surface area contributed by atoms with E-state index < -0.39 is 0 Å². The molecule has 0 amide bonds. The summed E-state index contributed by atoms with van der Waals surface area (Å²) in [5, 5.41) is 0. The predicted octanol–water partition coefficient (Wildman–Crippen LogP) is 7.73. The van der Waals surface area contributed by atoms with Crippen molar-refractivity contribution in [3.63, 3.8) is 0 Å². The van der Waals surface area contributed by atoms with Gasteiger partial charge in [-0.05, 0) is 72.6 Å². The van der Waals surface area contributed by atoms with Crippen LogP contribution in [-0.4, -0.2) is 14.5 Å². The van der Waals surface area contributed by atoms with Crippen LogP contribution in [0.4, 0.5) is 0 Å². The number of hydrogen-bond acceptors (Lipinski definition) is 2. The Hall–Kier alpha value is -4.50. The summed E-state index contributed by atoms with van der Waals surface area (Å²) in [7, 11) is 0. The van der Waals surface area contributed by atoms with Crippen molar-refractivity contribution in [2.75, 3.05) is 0 Å². The normalized spacial score (nSPS) is 11.1. The average molecular weight is 438 g/mol. The molecule has 2 heterocycles. The van der Waals surface area contributed by atoms with Crippen molar-refractivity contribution >= 4 is 11.0 Å². The summed E-state index contributed by atoms with van der Waals surface area (Å²) in [5.41, 5.74) is 9.78. The van der Waals surface area contributed by atoms with E-state index in [2.05, 4.69) is 107 Å². The fourth-order valence-electron chi connectivity index (χ4n) is 4.41. The number of hydrogen-bond donors (Lipinski definition) is 0. The molecule has 3 heteroatoms. The molecule has 0 saturated heterocycles. The van der Waals surface area contributed by atoms with E-state index in [9.17, 15) is 0 Å². The number of aromatic nitrogens is 3. The molecular formula is C31H23N3. The molecule has 2 aromatic heterocycles. The highest BCUT2D eigenvalue weighted by Gasteiger charge is 2.16. The first-order chi connectivity index (χ1) is 16.8.